The summed E-state index contributed by atoms with van der Waals surface area (Å²) in [7, 11) is 0. The highest BCUT2D eigenvalue weighted by Gasteiger charge is 2.30. The third-order valence-electron chi connectivity index (χ3n) is 2.58. The minimum atomic E-state index is -0.454. The molecule has 1 atom stereocenters. The number of alkyl halides is 1. The van der Waals surface area contributed by atoms with Crippen molar-refractivity contribution in [1.82, 2.24) is 4.90 Å². The maximum absolute atomic E-state index is 7.88. The number of hydrogen-bond donors (Lipinski definition) is 1. The second-order valence-electron chi connectivity index (χ2n) is 3.59. The van der Waals surface area contributed by atoms with Gasteiger partial charge in [0.15, 0.2) is 0 Å². The summed E-state index contributed by atoms with van der Waals surface area (Å²) >= 11 is 6.18. The SMILES string of the molecule is CCC(C)(Cl)C(=N)N1CCCC1. The third kappa shape index (κ3) is 1.92. The Morgan fingerprint density at radius 2 is 2.00 bits per heavy atom. The van der Waals surface area contributed by atoms with E-state index in [2.05, 4.69) is 4.90 Å². The number of nitrogens with zero attached hydrogens (tertiary/aromatic N) is 1. The highest BCUT2D eigenvalue weighted by atomic mass is 35.5. The van der Waals surface area contributed by atoms with Gasteiger partial charge in [-0.1, -0.05) is 6.92 Å². The summed E-state index contributed by atoms with van der Waals surface area (Å²) in [5.74, 6) is 0.601. The number of hydrogen-bond acceptors (Lipinski definition) is 1. The van der Waals surface area contributed by atoms with Crippen LogP contribution in [0, 0.1) is 5.41 Å². The van der Waals surface area contributed by atoms with Crippen molar-refractivity contribution < 1.29 is 0 Å². The Morgan fingerprint density at radius 3 is 2.42 bits per heavy atom. The molecule has 2 nitrogen and oxygen atoms in total. The molecule has 3 heteroatoms. The molecule has 0 spiro atoms. The molecule has 0 aromatic carbocycles. The summed E-state index contributed by atoms with van der Waals surface area (Å²) in [6.45, 7) is 5.98. The Bertz CT molecular complexity index is 171. The second kappa shape index (κ2) is 3.65. The molecule has 0 aromatic rings. The Kier molecular flexibility index (Phi) is 2.99. The molecule has 0 aliphatic carbocycles. The average Bonchev–Trinajstić information content (AvgIpc) is 2.55. The molecule has 0 radical (unpaired) electrons. The summed E-state index contributed by atoms with van der Waals surface area (Å²) in [4.78, 5) is 1.64. The van der Waals surface area contributed by atoms with Crippen LogP contribution in [0.15, 0.2) is 0 Å². The number of likely N-dealkylation sites (tertiary alicyclic amines) is 1. The van der Waals surface area contributed by atoms with Gasteiger partial charge >= 0.3 is 0 Å². The molecule has 1 heterocycles. The van der Waals surface area contributed by atoms with Crippen LogP contribution in [0.25, 0.3) is 0 Å². The minimum absolute atomic E-state index is 0.454. The van der Waals surface area contributed by atoms with Crippen molar-refractivity contribution >= 4 is 17.4 Å². The van der Waals surface area contributed by atoms with Gasteiger partial charge in [0.25, 0.3) is 0 Å². The van der Waals surface area contributed by atoms with Crippen LogP contribution >= 0.6 is 11.6 Å². The van der Waals surface area contributed by atoms with Gasteiger partial charge in [0.1, 0.15) is 5.84 Å². The molecule has 1 aliphatic rings. The molecule has 0 aromatic heterocycles. The molecule has 1 unspecified atom stereocenters. The van der Waals surface area contributed by atoms with Crippen LogP contribution < -0.4 is 0 Å². The van der Waals surface area contributed by atoms with E-state index in [4.69, 9.17) is 17.0 Å². The van der Waals surface area contributed by atoms with Gasteiger partial charge in [0.2, 0.25) is 0 Å². The van der Waals surface area contributed by atoms with E-state index in [1.165, 1.54) is 12.8 Å². The van der Waals surface area contributed by atoms with Gasteiger partial charge in [-0.15, -0.1) is 11.6 Å². The van der Waals surface area contributed by atoms with Crippen molar-refractivity contribution in [2.45, 2.75) is 38.0 Å². The smallest absolute Gasteiger partial charge is 0.117 e. The first-order valence-electron chi connectivity index (χ1n) is 4.61. The van der Waals surface area contributed by atoms with Gasteiger partial charge in [0.05, 0.1) is 4.87 Å². The summed E-state index contributed by atoms with van der Waals surface area (Å²) in [5, 5.41) is 7.88. The number of rotatable bonds is 2. The van der Waals surface area contributed by atoms with Crippen LogP contribution in [0.1, 0.15) is 33.1 Å². The lowest BCUT2D eigenvalue weighted by molar-refractivity contribution is 0.481. The fourth-order valence-electron chi connectivity index (χ4n) is 1.44. The van der Waals surface area contributed by atoms with Crippen molar-refractivity contribution in [3.05, 3.63) is 0 Å². The van der Waals surface area contributed by atoms with Crippen LogP contribution in [0.5, 0.6) is 0 Å². The largest absolute Gasteiger partial charge is 0.359 e. The van der Waals surface area contributed by atoms with Gasteiger partial charge in [-0.3, -0.25) is 5.41 Å². The van der Waals surface area contributed by atoms with E-state index in [0.717, 1.165) is 19.5 Å². The van der Waals surface area contributed by atoms with Gasteiger partial charge in [-0.25, -0.2) is 0 Å². The molecule has 0 saturated carbocycles. The average molecular weight is 189 g/mol. The van der Waals surface area contributed by atoms with Crippen LogP contribution in [-0.2, 0) is 0 Å². The number of nitrogens with one attached hydrogen (secondary N) is 1. The number of amidine groups is 1. The van der Waals surface area contributed by atoms with Crippen molar-refractivity contribution in [3.8, 4) is 0 Å². The maximum atomic E-state index is 7.88. The van der Waals surface area contributed by atoms with Gasteiger partial charge < -0.3 is 4.90 Å². The normalized spacial score (nSPS) is 22.4. The summed E-state index contributed by atoms with van der Waals surface area (Å²) in [6, 6.07) is 0. The van der Waals surface area contributed by atoms with E-state index in [0.29, 0.717) is 5.84 Å². The molecule has 1 rings (SSSR count). The lowest BCUT2D eigenvalue weighted by atomic mass is 10.1. The fraction of sp³-hybridized carbons (Fsp3) is 0.889. The molecule has 0 amide bonds. The van der Waals surface area contributed by atoms with E-state index >= 15 is 0 Å². The Labute approximate surface area is 79.4 Å². The second-order valence-corrected chi connectivity index (χ2v) is 4.43. The topological polar surface area (TPSA) is 27.1 Å². The Balaban J connectivity index is 2.56. The molecule has 70 valence electrons. The zero-order valence-electron chi connectivity index (χ0n) is 7.86. The first kappa shape index (κ1) is 9.85. The lowest BCUT2D eigenvalue weighted by Crippen LogP contribution is -2.41. The first-order valence-corrected chi connectivity index (χ1v) is 4.98. The zero-order chi connectivity index (χ0) is 9.19. The van der Waals surface area contributed by atoms with Crippen molar-refractivity contribution in [2.75, 3.05) is 13.1 Å². The zero-order valence-corrected chi connectivity index (χ0v) is 8.62. The molecule has 1 saturated heterocycles. The van der Waals surface area contributed by atoms with Gasteiger partial charge in [0, 0.05) is 13.1 Å². The third-order valence-corrected chi connectivity index (χ3v) is 3.03. The van der Waals surface area contributed by atoms with E-state index in [-0.39, 0.29) is 0 Å². The Hall–Kier alpha value is -0.240. The van der Waals surface area contributed by atoms with E-state index in [1.807, 2.05) is 13.8 Å². The predicted octanol–water partition coefficient (Wildman–Crippen LogP) is 2.47. The highest BCUT2D eigenvalue weighted by Crippen LogP contribution is 2.24. The Morgan fingerprint density at radius 1 is 1.50 bits per heavy atom. The van der Waals surface area contributed by atoms with E-state index in [1.54, 1.807) is 0 Å². The molecule has 1 aliphatic heterocycles. The summed E-state index contributed by atoms with van der Waals surface area (Å²) in [5.41, 5.74) is 0. The van der Waals surface area contributed by atoms with Crippen LogP contribution in [-0.4, -0.2) is 28.7 Å². The number of halogens is 1. The highest BCUT2D eigenvalue weighted by molar-refractivity contribution is 6.35. The van der Waals surface area contributed by atoms with E-state index in [9.17, 15) is 0 Å². The van der Waals surface area contributed by atoms with Crippen molar-refractivity contribution in [2.24, 2.45) is 0 Å². The predicted molar refractivity (Wildman–Crippen MR) is 53.1 cm³/mol. The molecular weight excluding hydrogens is 172 g/mol. The van der Waals surface area contributed by atoms with E-state index < -0.39 is 4.87 Å². The van der Waals surface area contributed by atoms with Crippen LogP contribution in [0.3, 0.4) is 0 Å². The monoisotopic (exact) mass is 188 g/mol. The quantitative estimate of drug-likeness (QED) is 0.402. The molecule has 12 heavy (non-hydrogen) atoms. The maximum Gasteiger partial charge on any atom is 0.117 e. The van der Waals surface area contributed by atoms with Crippen molar-refractivity contribution in [1.29, 1.82) is 5.41 Å². The summed E-state index contributed by atoms with van der Waals surface area (Å²) < 4.78 is 0. The van der Waals surface area contributed by atoms with Crippen LogP contribution in [0.2, 0.25) is 0 Å². The molecule has 1 fully saturated rings. The van der Waals surface area contributed by atoms with Gasteiger partial charge in [-0.2, -0.15) is 0 Å². The molecule has 1 N–H and O–H groups in total. The molecule has 0 bridgehead atoms. The lowest BCUT2D eigenvalue weighted by Gasteiger charge is -2.29. The summed E-state index contributed by atoms with van der Waals surface area (Å²) in [6.07, 6.45) is 3.24. The fourth-order valence-corrected chi connectivity index (χ4v) is 1.56. The van der Waals surface area contributed by atoms with Crippen LogP contribution in [0.4, 0.5) is 0 Å². The minimum Gasteiger partial charge on any atom is -0.359 e. The standard InChI is InChI=1S/C9H17ClN2/c1-3-9(2,10)8(11)12-6-4-5-7-12/h11H,3-7H2,1-2H3. The van der Waals surface area contributed by atoms with Gasteiger partial charge in [-0.05, 0) is 26.2 Å². The molecular formula is C9H17ClN2. The first-order chi connectivity index (χ1) is 5.58. The van der Waals surface area contributed by atoms with Crippen molar-refractivity contribution in [3.63, 3.8) is 0 Å².